The second kappa shape index (κ2) is 7.29. The predicted molar refractivity (Wildman–Crippen MR) is 78.5 cm³/mol. The fourth-order valence-electron chi connectivity index (χ4n) is 2.44. The number of nitrogens with zero attached hydrogens (tertiary/aromatic N) is 1. The van der Waals surface area contributed by atoms with Crippen molar-refractivity contribution in [1.29, 1.82) is 0 Å². The molecule has 106 valence electrons. The first-order chi connectivity index (χ1) is 9.04. The van der Waals surface area contributed by atoms with Crippen LogP contribution in [0, 0.1) is 0 Å². The van der Waals surface area contributed by atoms with Crippen LogP contribution in [0.1, 0.15) is 39.2 Å². The zero-order chi connectivity index (χ0) is 14.3. The van der Waals surface area contributed by atoms with E-state index in [1.807, 2.05) is 37.3 Å². The molecular formula is C16H25NO2. The topological polar surface area (TPSA) is 40.5 Å². The largest absolute Gasteiger partial charge is 0.481 e. The molecule has 1 N–H and O–H groups in total. The van der Waals surface area contributed by atoms with Crippen molar-refractivity contribution in [1.82, 2.24) is 4.90 Å². The van der Waals surface area contributed by atoms with Crippen molar-refractivity contribution in [3.63, 3.8) is 0 Å². The van der Waals surface area contributed by atoms with Crippen LogP contribution in [0.25, 0.3) is 0 Å². The monoisotopic (exact) mass is 263 g/mol. The van der Waals surface area contributed by atoms with Gasteiger partial charge >= 0.3 is 5.97 Å². The number of carboxylic acids is 1. The minimum absolute atomic E-state index is 0.564. The van der Waals surface area contributed by atoms with Crippen molar-refractivity contribution in [3.05, 3.63) is 35.9 Å². The van der Waals surface area contributed by atoms with Gasteiger partial charge < -0.3 is 10.0 Å². The van der Waals surface area contributed by atoms with Gasteiger partial charge in [0, 0.05) is 6.54 Å². The molecule has 0 saturated heterocycles. The third kappa shape index (κ3) is 4.06. The van der Waals surface area contributed by atoms with Crippen LogP contribution in [0.3, 0.4) is 0 Å². The Balaban J connectivity index is 2.96. The van der Waals surface area contributed by atoms with Crippen molar-refractivity contribution >= 4 is 5.97 Å². The Kier molecular flexibility index (Phi) is 6.03. The van der Waals surface area contributed by atoms with E-state index in [0.29, 0.717) is 6.54 Å². The molecule has 1 unspecified atom stereocenters. The average molecular weight is 263 g/mol. The number of benzene rings is 1. The smallest absolute Gasteiger partial charge is 0.315 e. The molecule has 0 bridgehead atoms. The Morgan fingerprint density at radius 2 is 1.68 bits per heavy atom. The van der Waals surface area contributed by atoms with Gasteiger partial charge in [0.25, 0.3) is 0 Å². The molecule has 1 aromatic rings. The fraction of sp³-hybridized carbons (Fsp3) is 0.562. The summed E-state index contributed by atoms with van der Waals surface area (Å²) < 4.78 is 0. The lowest BCUT2D eigenvalue weighted by Gasteiger charge is -2.32. The van der Waals surface area contributed by atoms with Gasteiger partial charge in [0.1, 0.15) is 5.41 Å². The first-order valence-corrected chi connectivity index (χ1v) is 7.05. The summed E-state index contributed by atoms with van der Waals surface area (Å²) in [6.07, 6.45) is 2.09. The lowest BCUT2D eigenvalue weighted by atomic mass is 9.82. The van der Waals surface area contributed by atoms with E-state index in [9.17, 15) is 9.90 Å². The number of aliphatic carboxylic acids is 1. The second-order valence-corrected chi connectivity index (χ2v) is 5.28. The summed E-state index contributed by atoms with van der Waals surface area (Å²) in [6.45, 7) is 8.54. The molecule has 0 amide bonds. The lowest BCUT2D eigenvalue weighted by Crippen LogP contribution is -2.45. The molecular weight excluding hydrogens is 238 g/mol. The molecule has 1 rings (SSSR count). The molecule has 19 heavy (non-hydrogen) atoms. The molecule has 3 heteroatoms. The zero-order valence-corrected chi connectivity index (χ0v) is 12.2. The van der Waals surface area contributed by atoms with Gasteiger partial charge in [-0.3, -0.25) is 4.79 Å². The molecule has 0 aromatic heterocycles. The molecule has 0 aliphatic rings. The summed E-state index contributed by atoms with van der Waals surface area (Å²) in [7, 11) is 0. The summed E-state index contributed by atoms with van der Waals surface area (Å²) in [5.74, 6) is -0.754. The highest BCUT2D eigenvalue weighted by atomic mass is 16.4. The molecule has 0 heterocycles. The molecule has 0 saturated carbocycles. The van der Waals surface area contributed by atoms with Crippen molar-refractivity contribution < 1.29 is 9.90 Å². The number of hydrogen-bond acceptors (Lipinski definition) is 2. The van der Waals surface area contributed by atoms with E-state index < -0.39 is 11.4 Å². The van der Waals surface area contributed by atoms with Crippen molar-refractivity contribution in [3.8, 4) is 0 Å². The van der Waals surface area contributed by atoms with Crippen LogP contribution < -0.4 is 0 Å². The van der Waals surface area contributed by atoms with E-state index in [4.69, 9.17) is 0 Å². The molecule has 1 atom stereocenters. The summed E-state index contributed by atoms with van der Waals surface area (Å²) in [5.41, 5.74) is 0.0331. The molecule has 0 spiro atoms. The Labute approximate surface area is 116 Å². The Hall–Kier alpha value is -1.35. The molecule has 3 nitrogen and oxygen atoms in total. The number of carboxylic acid groups (broad SMARTS) is 1. The van der Waals surface area contributed by atoms with Gasteiger partial charge in [0.15, 0.2) is 0 Å². The minimum Gasteiger partial charge on any atom is -0.481 e. The van der Waals surface area contributed by atoms with Gasteiger partial charge in [0.05, 0.1) is 0 Å². The van der Waals surface area contributed by atoms with Gasteiger partial charge in [-0.05, 0) is 38.4 Å². The second-order valence-electron chi connectivity index (χ2n) is 5.28. The Morgan fingerprint density at radius 3 is 2.11 bits per heavy atom. The predicted octanol–water partition coefficient (Wildman–Crippen LogP) is 3.15. The number of rotatable bonds is 8. The average Bonchev–Trinajstić information content (AvgIpc) is 2.40. The summed E-state index contributed by atoms with van der Waals surface area (Å²) in [5, 5.41) is 9.64. The van der Waals surface area contributed by atoms with Gasteiger partial charge in [-0.25, -0.2) is 0 Å². The van der Waals surface area contributed by atoms with Crippen LogP contribution in [0.15, 0.2) is 30.3 Å². The van der Waals surface area contributed by atoms with Gasteiger partial charge in [0.2, 0.25) is 0 Å². The van der Waals surface area contributed by atoms with E-state index >= 15 is 0 Å². The molecule has 0 aliphatic heterocycles. The van der Waals surface area contributed by atoms with Gasteiger partial charge in [-0.15, -0.1) is 0 Å². The fourth-order valence-corrected chi connectivity index (χ4v) is 2.44. The first kappa shape index (κ1) is 15.7. The Morgan fingerprint density at radius 1 is 1.16 bits per heavy atom. The van der Waals surface area contributed by atoms with Crippen LogP contribution in [-0.4, -0.2) is 35.6 Å². The van der Waals surface area contributed by atoms with Crippen LogP contribution in [-0.2, 0) is 10.2 Å². The maximum absolute atomic E-state index is 11.7. The maximum Gasteiger partial charge on any atom is 0.315 e. The number of carbonyl (C=O) groups is 1. The van der Waals surface area contributed by atoms with Crippen molar-refractivity contribution in [2.24, 2.45) is 0 Å². The van der Waals surface area contributed by atoms with E-state index in [2.05, 4.69) is 18.7 Å². The lowest BCUT2D eigenvalue weighted by molar-refractivity contribution is -0.144. The highest BCUT2D eigenvalue weighted by Gasteiger charge is 2.36. The quantitative estimate of drug-likeness (QED) is 0.783. The summed E-state index contributed by atoms with van der Waals surface area (Å²) in [4.78, 5) is 14.0. The highest BCUT2D eigenvalue weighted by molar-refractivity contribution is 5.81. The molecule has 0 fully saturated rings. The van der Waals surface area contributed by atoms with Crippen LogP contribution in [0.2, 0.25) is 0 Å². The summed E-state index contributed by atoms with van der Waals surface area (Å²) in [6, 6.07) is 9.54. The van der Waals surface area contributed by atoms with Crippen LogP contribution >= 0.6 is 0 Å². The third-order valence-corrected chi connectivity index (χ3v) is 3.50. The molecule has 1 aromatic carbocycles. The van der Waals surface area contributed by atoms with Gasteiger partial charge in [-0.1, -0.05) is 44.2 Å². The zero-order valence-electron chi connectivity index (χ0n) is 12.2. The van der Waals surface area contributed by atoms with Crippen molar-refractivity contribution in [2.75, 3.05) is 19.6 Å². The summed E-state index contributed by atoms with van der Waals surface area (Å²) >= 11 is 0. The normalized spacial score (nSPS) is 14.3. The van der Waals surface area contributed by atoms with E-state index in [-0.39, 0.29) is 0 Å². The van der Waals surface area contributed by atoms with Crippen LogP contribution in [0.4, 0.5) is 0 Å². The number of hydrogen-bond donors (Lipinski definition) is 1. The van der Waals surface area contributed by atoms with E-state index in [0.717, 1.165) is 31.5 Å². The van der Waals surface area contributed by atoms with Gasteiger partial charge in [-0.2, -0.15) is 0 Å². The van der Waals surface area contributed by atoms with Crippen LogP contribution in [0.5, 0.6) is 0 Å². The third-order valence-electron chi connectivity index (χ3n) is 3.50. The SMILES string of the molecule is CCCN(CCC)CC(C)(C(=O)O)c1ccccc1. The molecule has 0 aliphatic carbocycles. The maximum atomic E-state index is 11.7. The highest BCUT2D eigenvalue weighted by Crippen LogP contribution is 2.25. The molecule has 0 radical (unpaired) electrons. The van der Waals surface area contributed by atoms with E-state index in [1.165, 1.54) is 0 Å². The van der Waals surface area contributed by atoms with E-state index in [1.54, 1.807) is 0 Å². The van der Waals surface area contributed by atoms with Crippen molar-refractivity contribution in [2.45, 2.75) is 39.0 Å². The standard InChI is InChI=1S/C16H25NO2/c1-4-11-17(12-5-2)13-16(3,15(18)19)14-9-7-6-8-10-14/h6-10H,4-5,11-13H2,1-3H3,(H,18,19). The minimum atomic E-state index is -0.842. The Bertz CT molecular complexity index is 385. The first-order valence-electron chi connectivity index (χ1n) is 7.05.